The molecule has 8 aromatic carbocycles. The van der Waals surface area contributed by atoms with Crippen molar-refractivity contribution in [2.24, 2.45) is 0 Å². The van der Waals surface area contributed by atoms with Gasteiger partial charge in [-0.2, -0.15) is 0 Å². The molecular weight excluding hydrogens is 771 g/mol. The summed E-state index contributed by atoms with van der Waals surface area (Å²) in [7, 11) is 0. The van der Waals surface area contributed by atoms with Gasteiger partial charge in [0.15, 0.2) is 17.5 Å². The minimum absolute atomic E-state index is 0.642. The molecule has 296 valence electrons. The minimum atomic E-state index is 0.642. The second kappa shape index (κ2) is 15.3. The lowest BCUT2D eigenvalue weighted by molar-refractivity contribution is 0.669. The Morgan fingerprint density at radius 3 is 1.41 bits per heavy atom. The Morgan fingerprint density at radius 1 is 0.333 bits per heavy atom. The summed E-state index contributed by atoms with van der Waals surface area (Å²) in [5.41, 5.74) is 17.3. The molecule has 12 rings (SSSR count). The quantitative estimate of drug-likeness (QED) is 0.149. The van der Waals surface area contributed by atoms with Gasteiger partial charge in [0.2, 0.25) is 0 Å². The molecule has 0 saturated heterocycles. The van der Waals surface area contributed by atoms with Gasteiger partial charge < -0.3 is 4.42 Å². The van der Waals surface area contributed by atoms with Gasteiger partial charge in [-0.15, -0.1) is 0 Å². The van der Waals surface area contributed by atoms with Gasteiger partial charge in [0.05, 0.1) is 22.1 Å². The minimum Gasteiger partial charge on any atom is -0.456 e. The van der Waals surface area contributed by atoms with Gasteiger partial charge in [0.1, 0.15) is 11.2 Å². The second-order valence-electron chi connectivity index (χ2n) is 16.0. The number of rotatable bonds is 7. The van der Waals surface area contributed by atoms with Crippen molar-refractivity contribution in [3.63, 3.8) is 0 Å². The summed E-state index contributed by atoms with van der Waals surface area (Å²) in [6, 6.07) is 63.1. The number of allylic oxidation sites excluding steroid dienone is 4. The monoisotopic (exact) mass is 807 g/mol. The zero-order valence-corrected chi connectivity index (χ0v) is 34.1. The number of fused-ring (bicyclic) bond motifs is 5. The average Bonchev–Trinajstić information content (AvgIpc) is 3.72. The summed E-state index contributed by atoms with van der Waals surface area (Å²) in [6.45, 7) is 0. The van der Waals surface area contributed by atoms with Crippen molar-refractivity contribution >= 4 is 49.6 Å². The van der Waals surface area contributed by atoms with E-state index in [1.165, 1.54) is 11.1 Å². The third-order valence-corrected chi connectivity index (χ3v) is 12.0. The molecule has 0 aliphatic heterocycles. The molecule has 11 aromatic rings. The number of hydrogen-bond acceptors (Lipinski definition) is 6. The van der Waals surface area contributed by atoms with E-state index in [2.05, 4.69) is 146 Å². The Morgan fingerprint density at radius 2 is 0.810 bits per heavy atom. The van der Waals surface area contributed by atoms with E-state index in [0.29, 0.717) is 17.5 Å². The molecule has 0 spiro atoms. The fourth-order valence-corrected chi connectivity index (χ4v) is 8.62. The molecule has 0 amide bonds. The molecule has 6 nitrogen and oxygen atoms in total. The highest BCUT2D eigenvalue weighted by Gasteiger charge is 2.15. The smallest absolute Gasteiger partial charge is 0.164 e. The Balaban J connectivity index is 0.782. The van der Waals surface area contributed by atoms with Crippen molar-refractivity contribution in [1.29, 1.82) is 0 Å². The fourth-order valence-electron chi connectivity index (χ4n) is 8.62. The number of nitrogens with zero attached hydrogens (tertiary/aromatic N) is 5. The average molecular weight is 808 g/mol. The number of aromatic nitrogens is 5. The van der Waals surface area contributed by atoms with E-state index in [9.17, 15) is 0 Å². The van der Waals surface area contributed by atoms with Crippen LogP contribution in [0.3, 0.4) is 0 Å². The lowest BCUT2D eigenvalue weighted by Gasteiger charge is -2.11. The van der Waals surface area contributed by atoms with E-state index in [4.69, 9.17) is 29.3 Å². The Bertz CT molecular complexity index is 3570. The third kappa shape index (κ3) is 6.94. The standard InChI is InChI=1S/C57H37N5O/c1-3-9-36(10-4-1)37-23-27-44(28-24-37)56-60-55(43-11-5-2-6-12-43)61-57(62-56)45-29-25-41(26-30-45)39-17-15-38(16-18-39)40-19-21-42(22-20-40)46-31-32-49-50(33-46)59-52-35-54-48(34-51(52)58-49)47-13-7-8-14-53(47)63-54/h1-3,5-9,11-35H,4,10H2. The maximum absolute atomic E-state index is 6.13. The Labute approximate surface area is 363 Å². The van der Waals surface area contributed by atoms with Gasteiger partial charge in [-0.3, -0.25) is 0 Å². The van der Waals surface area contributed by atoms with Gasteiger partial charge in [-0.25, -0.2) is 24.9 Å². The van der Waals surface area contributed by atoms with Crippen molar-refractivity contribution in [2.45, 2.75) is 12.8 Å². The Hall–Kier alpha value is -8.35. The van der Waals surface area contributed by atoms with Crippen LogP contribution in [0.5, 0.6) is 0 Å². The molecule has 0 atom stereocenters. The highest BCUT2D eigenvalue weighted by Crippen LogP contribution is 2.34. The van der Waals surface area contributed by atoms with E-state index in [1.807, 2.05) is 54.6 Å². The van der Waals surface area contributed by atoms with Crippen LogP contribution in [0.2, 0.25) is 0 Å². The summed E-state index contributed by atoms with van der Waals surface area (Å²) < 4.78 is 6.13. The number of benzene rings is 8. The molecule has 6 heteroatoms. The van der Waals surface area contributed by atoms with Crippen LogP contribution in [0, 0.1) is 0 Å². The highest BCUT2D eigenvalue weighted by atomic mass is 16.3. The maximum Gasteiger partial charge on any atom is 0.164 e. The molecule has 0 unspecified atom stereocenters. The first-order valence-corrected chi connectivity index (χ1v) is 21.3. The maximum atomic E-state index is 6.13. The first-order chi connectivity index (χ1) is 31.1. The van der Waals surface area contributed by atoms with Crippen LogP contribution in [0.4, 0.5) is 0 Å². The first kappa shape index (κ1) is 36.5. The highest BCUT2D eigenvalue weighted by molar-refractivity contribution is 6.09. The normalized spacial score (nSPS) is 12.7. The largest absolute Gasteiger partial charge is 0.456 e. The van der Waals surface area contributed by atoms with Gasteiger partial charge in [0.25, 0.3) is 0 Å². The SMILES string of the molecule is C1=CCCC(c2ccc(-c3nc(-c4ccccc4)nc(-c4ccc(-c5ccc(-c6ccc(-c7ccc8nc9cc%10c(cc9nc8c7)oc7ccccc7%10)cc6)cc5)cc4)n3)cc2)=C1. The van der Waals surface area contributed by atoms with Gasteiger partial charge in [-0.1, -0.05) is 170 Å². The van der Waals surface area contributed by atoms with Gasteiger partial charge in [-0.05, 0) is 81.6 Å². The molecule has 1 aliphatic rings. The van der Waals surface area contributed by atoms with E-state index in [-0.39, 0.29) is 0 Å². The molecule has 0 saturated carbocycles. The van der Waals surface area contributed by atoms with Crippen molar-refractivity contribution in [1.82, 2.24) is 24.9 Å². The molecule has 3 aromatic heterocycles. The molecule has 1 aliphatic carbocycles. The van der Waals surface area contributed by atoms with Crippen LogP contribution < -0.4 is 0 Å². The molecule has 63 heavy (non-hydrogen) atoms. The van der Waals surface area contributed by atoms with Gasteiger partial charge >= 0.3 is 0 Å². The predicted octanol–water partition coefficient (Wildman–Crippen LogP) is 14.6. The van der Waals surface area contributed by atoms with Crippen molar-refractivity contribution in [3.05, 3.63) is 206 Å². The first-order valence-electron chi connectivity index (χ1n) is 21.3. The van der Waals surface area contributed by atoms with Crippen LogP contribution in [0.25, 0.3) is 117 Å². The number of hydrogen-bond donors (Lipinski definition) is 0. The van der Waals surface area contributed by atoms with E-state index in [0.717, 1.165) is 107 Å². The van der Waals surface area contributed by atoms with E-state index < -0.39 is 0 Å². The zero-order valence-electron chi connectivity index (χ0n) is 34.1. The van der Waals surface area contributed by atoms with Crippen LogP contribution in [0.1, 0.15) is 18.4 Å². The van der Waals surface area contributed by atoms with Crippen molar-refractivity contribution < 1.29 is 4.42 Å². The molecule has 0 radical (unpaired) electrons. The summed E-state index contributed by atoms with van der Waals surface area (Å²) in [5.74, 6) is 1.95. The summed E-state index contributed by atoms with van der Waals surface area (Å²) >= 11 is 0. The van der Waals surface area contributed by atoms with E-state index in [1.54, 1.807) is 0 Å². The fraction of sp³-hybridized carbons (Fsp3) is 0.0351. The summed E-state index contributed by atoms with van der Waals surface area (Å²) in [4.78, 5) is 24.9. The molecule has 0 bridgehead atoms. The van der Waals surface area contributed by atoms with Gasteiger partial charge in [0, 0.05) is 33.5 Å². The molecule has 0 fully saturated rings. The lowest BCUT2D eigenvalue weighted by Crippen LogP contribution is -2.00. The van der Waals surface area contributed by atoms with Crippen LogP contribution in [-0.2, 0) is 0 Å². The van der Waals surface area contributed by atoms with Crippen molar-refractivity contribution in [2.75, 3.05) is 0 Å². The molecular formula is C57H37N5O. The molecule has 3 heterocycles. The zero-order chi connectivity index (χ0) is 41.7. The topological polar surface area (TPSA) is 77.6 Å². The summed E-state index contributed by atoms with van der Waals surface area (Å²) in [6.07, 6.45) is 8.68. The van der Waals surface area contributed by atoms with Crippen LogP contribution in [-0.4, -0.2) is 24.9 Å². The van der Waals surface area contributed by atoms with Crippen LogP contribution >= 0.6 is 0 Å². The molecule has 0 N–H and O–H groups in total. The van der Waals surface area contributed by atoms with Crippen LogP contribution in [0.15, 0.2) is 205 Å². The second-order valence-corrected chi connectivity index (χ2v) is 16.0. The number of para-hydroxylation sites is 1. The van der Waals surface area contributed by atoms with E-state index >= 15 is 0 Å². The third-order valence-electron chi connectivity index (χ3n) is 12.0. The number of furan rings is 1. The van der Waals surface area contributed by atoms with Crippen molar-refractivity contribution in [3.8, 4) is 67.5 Å². The predicted molar refractivity (Wildman–Crippen MR) is 257 cm³/mol. The lowest BCUT2D eigenvalue weighted by atomic mass is 9.96. The Kier molecular flexibility index (Phi) is 8.85. The summed E-state index contributed by atoms with van der Waals surface area (Å²) in [5, 5.41) is 2.14.